The number of aliphatic imine (C=N–C) groups is 1. The lowest BCUT2D eigenvalue weighted by Gasteiger charge is -2.29. The third-order valence-electron chi connectivity index (χ3n) is 4.21. The summed E-state index contributed by atoms with van der Waals surface area (Å²) in [5, 5.41) is 19.1. The zero-order valence-corrected chi connectivity index (χ0v) is 10.9. The molecule has 0 spiro atoms. The van der Waals surface area contributed by atoms with Crippen LogP contribution in [-0.4, -0.2) is 26.0 Å². The van der Waals surface area contributed by atoms with Gasteiger partial charge in [-0.25, -0.2) is 4.99 Å². The summed E-state index contributed by atoms with van der Waals surface area (Å²) in [5.41, 5.74) is 3.65. The molecule has 1 heterocycles. The molecule has 2 aliphatic rings. The molecule has 0 aromatic carbocycles. The Hall–Kier alpha value is -1.63. The van der Waals surface area contributed by atoms with Crippen molar-refractivity contribution in [3.05, 3.63) is 0 Å². The molecule has 1 aliphatic heterocycles. The van der Waals surface area contributed by atoms with Gasteiger partial charge in [0, 0.05) is 20.1 Å². The number of fused-ring (bicyclic) bond motifs is 1. The zero-order chi connectivity index (χ0) is 13.8. The van der Waals surface area contributed by atoms with E-state index in [2.05, 4.69) is 17.1 Å². The SMILES string of the molecule is COC1(OC)N=C(N)[C@@]2(C#N)[C@H](C(C)C)[C@@]12C#N. The molecular formula is C12H16N4O2. The highest BCUT2D eigenvalue weighted by Crippen LogP contribution is 2.79. The average molecular weight is 248 g/mol. The first-order valence-electron chi connectivity index (χ1n) is 5.72. The fraction of sp³-hybridized carbons (Fsp3) is 0.750. The smallest absolute Gasteiger partial charge is 0.292 e. The molecule has 18 heavy (non-hydrogen) atoms. The minimum Gasteiger partial charge on any atom is -0.386 e. The summed E-state index contributed by atoms with van der Waals surface area (Å²) in [6.45, 7) is 3.90. The van der Waals surface area contributed by atoms with Gasteiger partial charge in [-0.2, -0.15) is 10.5 Å². The van der Waals surface area contributed by atoms with Crippen LogP contribution in [0.1, 0.15) is 13.8 Å². The topological polar surface area (TPSA) is 104 Å². The lowest BCUT2D eigenvalue weighted by atomic mass is 9.93. The Morgan fingerprint density at radius 1 is 1.28 bits per heavy atom. The summed E-state index contributed by atoms with van der Waals surface area (Å²) in [5.74, 6) is -1.48. The maximum Gasteiger partial charge on any atom is 0.292 e. The van der Waals surface area contributed by atoms with Crippen molar-refractivity contribution in [1.29, 1.82) is 10.5 Å². The summed E-state index contributed by atoms with van der Waals surface area (Å²) in [7, 11) is 2.81. The van der Waals surface area contributed by atoms with Crippen molar-refractivity contribution in [1.82, 2.24) is 0 Å². The fourth-order valence-corrected chi connectivity index (χ4v) is 3.59. The van der Waals surface area contributed by atoms with Crippen LogP contribution < -0.4 is 5.73 Å². The summed E-state index contributed by atoms with van der Waals surface area (Å²) in [6.07, 6.45) is 0. The van der Waals surface area contributed by atoms with Crippen molar-refractivity contribution in [3.8, 4) is 12.1 Å². The van der Waals surface area contributed by atoms with Crippen molar-refractivity contribution in [2.24, 2.45) is 33.4 Å². The van der Waals surface area contributed by atoms with E-state index in [1.807, 2.05) is 13.8 Å². The Labute approximate surface area is 106 Å². The van der Waals surface area contributed by atoms with Crippen LogP contribution >= 0.6 is 0 Å². The van der Waals surface area contributed by atoms with Crippen molar-refractivity contribution in [2.75, 3.05) is 14.2 Å². The third kappa shape index (κ3) is 0.902. The van der Waals surface area contributed by atoms with Gasteiger partial charge < -0.3 is 15.2 Å². The normalized spacial score (nSPS) is 39.7. The first-order valence-corrected chi connectivity index (χ1v) is 5.72. The molecule has 0 unspecified atom stereocenters. The molecule has 3 atom stereocenters. The Bertz CT molecular complexity index is 497. The Morgan fingerprint density at radius 2 is 1.83 bits per heavy atom. The Kier molecular flexibility index (Phi) is 2.45. The van der Waals surface area contributed by atoms with Crippen LogP contribution in [0.2, 0.25) is 0 Å². The molecule has 6 nitrogen and oxygen atoms in total. The quantitative estimate of drug-likeness (QED) is 0.737. The van der Waals surface area contributed by atoms with E-state index in [0.29, 0.717) is 0 Å². The van der Waals surface area contributed by atoms with Crippen LogP contribution in [0.25, 0.3) is 0 Å². The van der Waals surface area contributed by atoms with Crippen molar-refractivity contribution in [2.45, 2.75) is 19.8 Å². The monoisotopic (exact) mass is 248 g/mol. The number of nitrogens with zero attached hydrogens (tertiary/aromatic N) is 3. The molecule has 1 saturated carbocycles. The summed E-state index contributed by atoms with van der Waals surface area (Å²) in [6, 6.07) is 4.37. The number of ether oxygens (including phenoxy) is 2. The lowest BCUT2D eigenvalue weighted by Crippen LogP contribution is -2.42. The highest BCUT2D eigenvalue weighted by atomic mass is 16.7. The van der Waals surface area contributed by atoms with Crippen LogP contribution in [0.5, 0.6) is 0 Å². The van der Waals surface area contributed by atoms with Gasteiger partial charge in [-0.1, -0.05) is 13.8 Å². The first kappa shape index (κ1) is 12.8. The van der Waals surface area contributed by atoms with Gasteiger partial charge in [0.25, 0.3) is 5.91 Å². The first-order chi connectivity index (χ1) is 8.44. The molecule has 2 rings (SSSR count). The molecule has 2 N–H and O–H groups in total. The van der Waals surface area contributed by atoms with E-state index < -0.39 is 16.7 Å². The predicted molar refractivity (Wildman–Crippen MR) is 62.8 cm³/mol. The molecule has 0 radical (unpaired) electrons. The van der Waals surface area contributed by atoms with Crippen molar-refractivity contribution < 1.29 is 9.47 Å². The van der Waals surface area contributed by atoms with Crippen LogP contribution in [-0.2, 0) is 9.47 Å². The molecule has 0 saturated heterocycles. The van der Waals surface area contributed by atoms with E-state index in [-0.39, 0.29) is 17.7 Å². The van der Waals surface area contributed by atoms with Crippen LogP contribution in [0.3, 0.4) is 0 Å². The largest absolute Gasteiger partial charge is 0.386 e. The van der Waals surface area contributed by atoms with E-state index in [9.17, 15) is 10.5 Å². The number of rotatable bonds is 3. The van der Waals surface area contributed by atoms with E-state index in [0.717, 1.165) is 0 Å². The van der Waals surface area contributed by atoms with E-state index in [4.69, 9.17) is 15.2 Å². The second kappa shape index (κ2) is 3.44. The Morgan fingerprint density at radius 3 is 2.11 bits per heavy atom. The highest BCUT2D eigenvalue weighted by molar-refractivity contribution is 5.98. The molecule has 0 aromatic heterocycles. The van der Waals surface area contributed by atoms with E-state index in [1.165, 1.54) is 14.2 Å². The standard InChI is InChI=1S/C12H16N4O2/c1-7(2)8-10(5-13)9(15)16-12(17-3,18-4)11(8,10)6-14/h7-8H,1-4H3,(H2,15,16)/t8-,10+,11+/m0/s1. The minimum absolute atomic E-state index is 0.100. The molecule has 1 fully saturated rings. The Balaban J connectivity index is 2.69. The van der Waals surface area contributed by atoms with Gasteiger partial charge in [-0.3, -0.25) is 0 Å². The third-order valence-corrected chi connectivity index (χ3v) is 4.21. The molecule has 1 aliphatic carbocycles. The summed E-state index contributed by atoms with van der Waals surface area (Å²) in [4.78, 5) is 4.11. The molecule has 6 heteroatoms. The van der Waals surface area contributed by atoms with Crippen molar-refractivity contribution in [3.63, 3.8) is 0 Å². The average Bonchev–Trinajstić information content (AvgIpc) is 2.95. The van der Waals surface area contributed by atoms with Gasteiger partial charge in [-0.15, -0.1) is 0 Å². The van der Waals surface area contributed by atoms with Gasteiger partial charge in [0.15, 0.2) is 5.41 Å². The van der Waals surface area contributed by atoms with Crippen molar-refractivity contribution >= 4 is 5.84 Å². The lowest BCUT2D eigenvalue weighted by molar-refractivity contribution is -0.233. The maximum atomic E-state index is 9.61. The predicted octanol–water partition coefficient (Wildman–Crippen LogP) is 0.610. The van der Waals surface area contributed by atoms with Gasteiger partial charge in [0.1, 0.15) is 11.3 Å². The second-order valence-corrected chi connectivity index (χ2v) is 5.05. The number of amidine groups is 1. The molecule has 0 amide bonds. The van der Waals surface area contributed by atoms with Crippen LogP contribution in [0, 0.1) is 45.3 Å². The van der Waals surface area contributed by atoms with Gasteiger partial charge in [0.05, 0.1) is 12.1 Å². The number of methoxy groups -OCH3 is 2. The molecule has 0 bridgehead atoms. The fourth-order valence-electron chi connectivity index (χ4n) is 3.59. The van der Waals surface area contributed by atoms with Crippen LogP contribution in [0.15, 0.2) is 4.99 Å². The molecule has 0 aromatic rings. The molecule has 96 valence electrons. The second-order valence-electron chi connectivity index (χ2n) is 5.05. The van der Waals surface area contributed by atoms with E-state index in [1.54, 1.807) is 0 Å². The number of nitrogens with two attached hydrogens (primary N) is 1. The maximum absolute atomic E-state index is 9.61. The molecular weight excluding hydrogens is 232 g/mol. The number of nitriles is 2. The van der Waals surface area contributed by atoms with Gasteiger partial charge in [0.2, 0.25) is 0 Å². The number of hydrogen-bond acceptors (Lipinski definition) is 6. The van der Waals surface area contributed by atoms with Gasteiger partial charge in [-0.05, 0) is 5.92 Å². The van der Waals surface area contributed by atoms with E-state index >= 15 is 0 Å². The minimum atomic E-state index is -1.48. The number of hydrogen-bond donors (Lipinski definition) is 1. The van der Waals surface area contributed by atoms with Gasteiger partial charge >= 0.3 is 0 Å². The highest BCUT2D eigenvalue weighted by Gasteiger charge is 2.93. The van der Waals surface area contributed by atoms with Crippen LogP contribution in [0.4, 0.5) is 0 Å². The summed E-state index contributed by atoms with van der Waals surface area (Å²) < 4.78 is 10.6. The zero-order valence-electron chi connectivity index (χ0n) is 10.9. The summed E-state index contributed by atoms with van der Waals surface area (Å²) >= 11 is 0.